The Morgan fingerprint density at radius 2 is 2.18 bits per heavy atom. The third-order valence-corrected chi connectivity index (χ3v) is 7.01. The molecule has 2 bridgehead atoms. The van der Waals surface area contributed by atoms with Gasteiger partial charge in [-0.05, 0) is 25.1 Å². The first-order valence-corrected chi connectivity index (χ1v) is 7.60. The van der Waals surface area contributed by atoms with E-state index >= 15 is 0 Å². The first kappa shape index (κ1) is 11.9. The van der Waals surface area contributed by atoms with Crippen molar-refractivity contribution in [1.82, 2.24) is 4.90 Å². The van der Waals surface area contributed by atoms with Gasteiger partial charge in [0.1, 0.15) is 5.60 Å². The number of aromatic hydroxyl groups is 1. The highest BCUT2D eigenvalue weighted by Crippen LogP contribution is 2.81. The average Bonchev–Trinajstić information content (AvgIpc) is 2.78. The van der Waals surface area contributed by atoms with Gasteiger partial charge < -0.3 is 20.1 Å². The lowest BCUT2D eigenvalue weighted by Crippen LogP contribution is -2.70. The summed E-state index contributed by atoms with van der Waals surface area (Å²) in [5.74, 6) is 0.120. The number of fused-ring (bicyclic) bond motifs is 1. The number of ether oxygens (including phenoxy) is 1. The number of piperidine rings is 1. The highest BCUT2D eigenvalue weighted by atomic mass is 16.5. The number of Topliss-reactive ketones (excluding diaryl/α,β-unsaturated/α-hetero) is 1. The first-order valence-electron chi connectivity index (χ1n) is 7.60. The van der Waals surface area contributed by atoms with Crippen molar-refractivity contribution in [3.63, 3.8) is 0 Å². The van der Waals surface area contributed by atoms with Crippen LogP contribution in [0.15, 0.2) is 12.1 Å². The summed E-state index contributed by atoms with van der Waals surface area (Å²) >= 11 is 0. The molecule has 2 heterocycles. The molecule has 3 fully saturated rings. The predicted molar refractivity (Wildman–Crippen MR) is 72.6 cm³/mol. The molecule has 1 aromatic carbocycles. The molecular formula is C16H15NO5. The van der Waals surface area contributed by atoms with Gasteiger partial charge in [0.15, 0.2) is 23.4 Å². The summed E-state index contributed by atoms with van der Waals surface area (Å²) in [6.07, 6.45) is -1.44. The quantitative estimate of drug-likeness (QED) is 0.554. The van der Waals surface area contributed by atoms with E-state index in [2.05, 4.69) is 4.90 Å². The zero-order chi connectivity index (χ0) is 15.2. The molecule has 7 unspecified atom stereocenters. The standard InChI is InChI=1S/C16H15NO5/c1-17-13-15(17)5-14-10-6(15)2-3-7(18)11(10)22-12(14)8(19)4-9(20)16(13,14)21/h2-3,9,12-13,18,20-21H,4-5H2,1H3. The minimum atomic E-state index is -1.40. The molecule has 1 saturated heterocycles. The first-order chi connectivity index (χ1) is 10.4. The molecule has 0 amide bonds. The summed E-state index contributed by atoms with van der Waals surface area (Å²) in [4.78, 5) is 14.6. The normalized spacial score (nSPS) is 55.0. The van der Waals surface area contributed by atoms with Gasteiger partial charge in [-0.25, -0.2) is 0 Å². The van der Waals surface area contributed by atoms with Crippen LogP contribution in [0, 0.1) is 0 Å². The summed E-state index contributed by atoms with van der Waals surface area (Å²) in [5.41, 5.74) is -0.871. The maximum Gasteiger partial charge on any atom is 0.177 e. The second-order valence-electron chi connectivity index (χ2n) is 7.43. The number of aliphatic hydroxyl groups excluding tert-OH is 1. The van der Waals surface area contributed by atoms with Crippen molar-refractivity contribution in [3.8, 4) is 11.5 Å². The van der Waals surface area contributed by atoms with E-state index in [1.165, 1.54) is 0 Å². The van der Waals surface area contributed by atoms with Crippen molar-refractivity contribution in [2.75, 3.05) is 7.05 Å². The maximum absolute atomic E-state index is 12.5. The van der Waals surface area contributed by atoms with Gasteiger partial charge in [0, 0.05) is 12.0 Å². The fourth-order valence-electron chi connectivity index (χ4n) is 6.30. The fraction of sp³-hybridized carbons (Fsp3) is 0.562. The van der Waals surface area contributed by atoms with E-state index in [4.69, 9.17) is 4.74 Å². The minimum Gasteiger partial charge on any atom is -0.504 e. The van der Waals surface area contributed by atoms with Crippen LogP contribution in [-0.4, -0.2) is 56.9 Å². The Bertz CT molecular complexity index is 808. The van der Waals surface area contributed by atoms with Crippen molar-refractivity contribution in [2.45, 2.75) is 47.6 Å². The van der Waals surface area contributed by atoms with Crippen LogP contribution in [0.4, 0.5) is 0 Å². The highest BCUT2D eigenvalue weighted by Gasteiger charge is 2.92. The minimum absolute atomic E-state index is 0.00373. The second kappa shape index (κ2) is 2.79. The van der Waals surface area contributed by atoms with Crippen LogP contribution < -0.4 is 4.74 Å². The van der Waals surface area contributed by atoms with Gasteiger partial charge in [-0.3, -0.25) is 9.69 Å². The second-order valence-corrected chi connectivity index (χ2v) is 7.43. The Hall–Kier alpha value is -1.63. The summed E-state index contributed by atoms with van der Waals surface area (Å²) in [7, 11) is 1.94. The molecule has 3 aliphatic carbocycles. The van der Waals surface area contributed by atoms with Gasteiger partial charge in [0.05, 0.1) is 23.1 Å². The van der Waals surface area contributed by atoms with Crippen LogP contribution >= 0.6 is 0 Å². The molecule has 2 saturated carbocycles. The lowest BCUT2D eigenvalue weighted by atomic mass is 9.58. The van der Waals surface area contributed by atoms with Crippen LogP contribution in [0.5, 0.6) is 11.5 Å². The number of likely N-dealkylation sites (tertiary alicyclic amines) is 1. The van der Waals surface area contributed by atoms with Gasteiger partial charge in [-0.15, -0.1) is 0 Å². The van der Waals surface area contributed by atoms with E-state index in [1.54, 1.807) is 6.07 Å². The van der Waals surface area contributed by atoms with E-state index in [1.807, 2.05) is 13.1 Å². The highest BCUT2D eigenvalue weighted by molar-refractivity contribution is 5.92. The molecular weight excluding hydrogens is 286 g/mol. The number of aliphatic hydroxyl groups is 2. The van der Waals surface area contributed by atoms with Crippen molar-refractivity contribution in [3.05, 3.63) is 23.3 Å². The number of carbonyl (C=O) groups excluding carboxylic acids is 1. The Morgan fingerprint density at radius 1 is 1.41 bits per heavy atom. The molecule has 2 aliphatic heterocycles. The number of likely N-dealkylation sites (N-methyl/N-ethyl adjacent to an activating group) is 1. The molecule has 6 heteroatoms. The molecule has 3 N–H and O–H groups in total. The molecule has 22 heavy (non-hydrogen) atoms. The largest absolute Gasteiger partial charge is 0.504 e. The number of benzene rings is 1. The van der Waals surface area contributed by atoms with Gasteiger partial charge in [0.25, 0.3) is 0 Å². The zero-order valence-electron chi connectivity index (χ0n) is 11.9. The monoisotopic (exact) mass is 301 g/mol. The third kappa shape index (κ3) is 0.743. The predicted octanol–water partition coefficient (Wildman–Crippen LogP) is -0.618. The number of ketones is 1. The van der Waals surface area contributed by atoms with E-state index < -0.39 is 23.2 Å². The number of carbonyl (C=O) groups is 1. The summed E-state index contributed by atoms with van der Waals surface area (Å²) in [5, 5.41) is 32.2. The van der Waals surface area contributed by atoms with E-state index in [0.29, 0.717) is 12.2 Å². The zero-order valence-corrected chi connectivity index (χ0v) is 11.9. The summed E-state index contributed by atoms with van der Waals surface area (Å²) in [6.45, 7) is 0. The molecule has 7 atom stereocenters. The SMILES string of the molecule is CN1C2C13CC14c5c3ccc(O)c5OC1C(=O)CC(O)C24O. The van der Waals surface area contributed by atoms with Crippen LogP contribution in [0.3, 0.4) is 0 Å². The smallest absolute Gasteiger partial charge is 0.177 e. The number of hydrogen-bond donors (Lipinski definition) is 3. The molecule has 5 aliphatic rings. The number of hydrogen-bond acceptors (Lipinski definition) is 6. The molecule has 6 nitrogen and oxygen atoms in total. The van der Waals surface area contributed by atoms with Crippen molar-refractivity contribution in [1.29, 1.82) is 0 Å². The molecule has 114 valence electrons. The van der Waals surface area contributed by atoms with Gasteiger partial charge in [-0.1, -0.05) is 6.07 Å². The molecule has 2 spiro atoms. The number of rotatable bonds is 0. The van der Waals surface area contributed by atoms with Crippen molar-refractivity contribution >= 4 is 5.78 Å². The fourth-order valence-corrected chi connectivity index (χ4v) is 6.30. The topological polar surface area (TPSA) is 90.0 Å². The van der Waals surface area contributed by atoms with Crippen LogP contribution in [0.1, 0.15) is 24.0 Å². The number of nitrogens with zero attached hydrogens (tertiary/aromatic N) is 1. The average molecular weight is 301 g/mol. The molecule has 0 radical (unpaired) electrons. The third-order valence-electron chi connectivity index (χ3n) is 7.01. The maximum atomic E-state index is 12.5. The van der Waals surface area contributed by atoms with Gasteiger partial charge >= 0.3 is 0 Å². The number of phenolic OH excluding ortho intramolecular Hbond substituents is 1. The Morgan fingerprint density at radius 3 is 2.95 bits per heavy atom. The Balaban J connectivity index is 1.78. The Labute approximate surface area is 125 Å². The Kier molecular flexibility index (Phi) is 1.51. The van der Waals surface area contributed by atoms with Gasteiger partial charge in [-0.2, -0.15) is 0 Å². The molecule has 0 aromatic heterocycles. The van der Waals surface area contributed by atoms with E-state index in [-0.39, 0.29) is 29.5 Å². The van der Waals surface area contributed by atoms with Crippen molar-refractivity contribution < 1.29 is 24.9 Å². The lowest BCUT2D eigenvalue weighted by molar-refractivity contribution is -0.179. The number of phenols is 1. The van der Waals surface area contributed by atoms with Crippen LogP contribution in [0.2, 0.25) is 0 Å². The summed E-state index contributed by atoms with van der Waals surface area (Å²) in [6, 6.07) is 3.27. The summed E-state index contributed by atoms with van der Waals surface area (Å²) < 4.78 is 5.81. The van der Waals surface area contributed by atoms with E-state index in [0.717, 1.165) is 11.1 Å². The van der Waals surface area contributed by atoms with Gasteiger partial charge in [0.2, 0.25) is 0 Å². The van der Waals surface area contributed by atoms with Crippen molar-refractivity contribution in [2.24, 2.45) is 0 Å². The van der Waals surface area contributed by atoms with Crippen LogP contribution in [0.25, 0.3) is 0 Å². The van der Waals surface area contributed by atoms with Crippen LogP contribution in [-0.2, 0) is 15.7 Å². The lowest BCUT2D eigenvalue weighted by Gasteiger charge is -2.49. The van der Waals surface area contributed by atoms with E-state index in [9.17, 15) is 20.1 Å². The molecule has 1 aromatic rings. The molecule has 6 rings (SSSR count).